The highest BCUT2D eigenvalue weighted by Crippen LogP contribution is 2.41. The zero-order chi connectivity index (χ0) is 24.6. The fraction of sp³-hybridized carbons (Fsp3) is 0.520. The molecule has 1 N–H and O–H groups in total. The van der Waals surface area contributed by atoms with Crippen molar-refractivity contribution in [2.24, 2.45) is 0 Å². The lowest BCUT2D eigenvalue weighted by molar-refractivity contribution is 0.0965. The maximum atomic E-state index is 13.3. The van der Waals surface area contributed by atoms with Gasteiger partial charge in [-0.2, -0.15) is 4.52 Å². The van der Waals surface area contributed by atoms with Crippen molar-refractivity contribution >= 4 is 17.1 Å². The van der Waals surface area contributed by atoms with Crippen molar-refractivity contribution < 1.29 is 14.3 Å². The Morgan fingerprint density at radius 3 is 2.62 bits per heavy atom. The maximum Gasteiger partial charge on any atom is 0.242 e. The number of likely N-dealkylation sites (N-methyl/N-ethyl adjacent to an activating group) is 1. The van der Waals surface area contributed by atoms with Crippen LogP contribution in [0.5, 0.6) is 11.6 Å². The molecule has 0 unspecified atom stereocenters. The summed E-state index contributed by atoms with van der Waals surface area (Å²) in [6, 6.07) is 7.31. The van der Waals surface area contributed by atoms with E-state index < -0.39 is 0 Å². The highest BCUT2D eigenvalue weighted by molar-refractivity contribution is 5.97. The highest BCUT2D eigenvalue weighted by Gasteiger charge is 2.28. The molecule has 3 heterocycles. The monoisotopic (exact) mass is 466 g/mol. The summed E-state index contributed by atoms with van der Waals surface area (Å²) < 4.78 is 14.7. The standard InChI is InChI=1S/C25H34N6O3/c1-7-17(8-2)34-22-10-9-21-27-30(24(26)31(21)28-22)15-20(32)16-13-18(25(3,4)5)23-19(14-16)29(6)11-12-33-23/h9-10,13-14,17,26H,7-8,11-12,15H2,1-6H3. The third kappa shape index (κ3) is 4.51. The molecule has 1 aliphatic heterocycles. The van der Waals surface area contributed by atoms with E-state index in [2.05, 4.69) is 49.7 Å². The van der Waals surface area contributed by atoms with Crippen molar-refractivity contribution in [1.82, 2.24) is 19.4 Å². The lowest BCUT2D eigenvalue weighted by atomic mass is 9.84. The molecule has 182 valence electrons. The van der Waals surface area contributed by atoms with E-state index in [0.717, 1.165) is 36.4 Å². The van der Waals surface area contributed by atoms with Gasteiger partial charge in [0.1, 0.15) is 18.9 Å². The summed E-state index contributed by atoms with van der Waals surface area (Å²) in [5, 5.41) is 17.4. The largest absolute Gasteiger partial charge is 0.489 e. The average Bonchev–Trinajstić information content (AvgIpc) is 3.11. The van der Waals surface area contributed by atoms with E-state index in [-0.39, 0.29) is 29.5 Å². The molecule has 0 aliphatic carbocycles. The van der Waals surface area contributed by atoms with Crippen LogP contribution in [0.25, 0.3) is 5.65 Å². The Balaban J connectivity index is 1.66. The van der Waals surface area contributed by atoms with Crippen LogP contribution >= 0.6 is 0 Å². The maximum absolute atomic E-state index is 13.3. The van der Waals surface area contributed by atoms with Crippen LogP contribution in [0, 0.1) is 5.41 Å². The highest BCUT2D eigenvalue weighted by atomic mass is 16.5. The molecule has 0 spiro atoms. The van der Waals surface area contributed by atoms with Gasteiger partial charge in [-0.15, -0.1) is 10.2 Å². The minimum Gasteiger partial charge on any atom is -0.489 e. The van der Waals surface area contributed by atoms with Gasteiger partial charge in [0.05, 0.1) is 18.3 Å². The molecule has 1 aliphatic rings. The lowest BCUT2D eigenvalue weighted by Gasteiger charge is -2.33. The molecule has 9 heteroatoms. The average molecular weight is 467 g/mol. The van der Waals surface area contributed by atoms with Crippen LogP contribution in [-0.4, -0.2) is 51.5 Å². The van der Waals surface area contributed by atoms with Gasteiger partial charge in [0.15, 0.2) is 11.4 Å². The summed E-state index contributed by atoms with van der Waals surface area (Å²) in [5.74, 6) is 1.16. The van der Waals surface area contributed by atoms with Gasteiger partial charge in [0.2, 0.25) is 11.5 Å². The van der Waals surface area contributed by atoms with E-state index in [0.29, 0.717) is 23.7 Å². The van der Waals surface area contributed by atoms with Gasteiger partial charge in [-0.1, -0.05) is 34.6 Å². The van der Waals surface area contributed by atoms with Crippen LogP contribution < -0.4 is 20.0 Å². The van der Waals surface area contributed by atoms with Crippen LogP contribution in [-0.2, 0) is 12.0 Å². The molecule has 0 saturated carbocycles. The van der Waals surface area contributed by atoms with E-state index in [1.165, 1.54) is 9.20 Å². The Morgan fingerprint density at radius 2 is 1.94 bits per heavy atom. The summed E-state index contributed by atoms with van der Waals surface area (Å²) in [6.07, 6.45) is 1.82. The molecular formula is C25H34N6O3. The number of hydrogen-bond acceptors (Lipinski definition) is 7. The Hall–Kier alpha value is -3.36. The first-order valence-corrected chi connectivity index (χ1v) is 11.9. The fourth-order valence-corrected chi connectivity index (χ4v) is 4.11. The molecule has 0 atom stereocenters. The minimum absolute atomic E-state index is 0.0211. The number of ether oxygens (including phenoxy) is 2. The Bertz CT molecular complexity index is 1270. The van der Waals surface area contributed by atoms with Crippen molar-refractivity contribution in [2.75, 3.05) is 25.1 Å². The topological polar surface area (TPSA) is 97.7 Å². The zero-order valence-electron chi connectivity index (χ0n) is 20.9. The lowest BCUT2D eigenvalue weighted by Crippen LogP contribution is -2.31. The van der Waals surface area contributed by atoms with Gasteiger partial charge in [0, 0.05) is 24.2 Å². The smallest absolute Gasteiger partial charge is 0.242 e. The number of Topliss-reactive ketones (excluding diaryl/α,β-unsaturated/α-hetero) is 1. The third-order valence-corrected chi connectivity index (χ3v) is 6.23. The first kappa shape index (κ1) is 23.8. The number of benzene rings is 1. The SMILES string of the molecule is CCC(CC)Oc1ccc2nn(CC(=O)c3cc4c(c(C(C)(C)C)c3)OCCN4C)c(=N)n2n1. The molecule has 0 amide bonds. The second-order valence-corrected chi connectivity index (χ2v) is 9.79. The van der Waals surface area contributed by atoms with Gasteiger partial charge in [-0.05, 0) is 36.5 Å². The number of nitrogens with one attached hydrogen (secondary N) is 1. The normalized spacial score (nSPS) is 13.8. The molecular weight excluding hydrogens is 432 g/mol. The number of nitrogens with zero attached hydrogens (tertiary/aromatic N) is 5. The van der Waals surface area contributed by atoms with Gasteiger partial charge in [-0.25, -0.2) is 4.68 Å². The molecule has 34 heavy (non-hydrogen) atoms. The quantitative estimate of drug-likeness (QED) is 0.535. The summed E-state index contributed by atoms with van der Waals surface area (Å²) >= 11 is 0. The number of rotatable bonds is 7. The van der Waals surface area contributed by atoms with Crippen molar-refractivity contribution in [2.45, 2.75) is 65.5 Å². The van der Waals surface area contributed by atoms with Gasteiger partial charge in [-0.3, -0.25) is 10.2 Å². The molecule has 2 aromatic heterocycles. The number of fused-ring (bicyclic) bond motifs is 2. The summed E-state index contributed by atoms with van der Waals surface area (Å²) in [5.41, 5.74) is 2.81. The van der Waals surface area contributed by atoms with E-state index in [1.807, 2.05) is 19.2 Å². The first-order chi connectivity index (χ1) is 16.1. The van der Waals surface area contributed by atoms with Crippen LogP contribution in [0.3, 0.4) is 0 Å². The molecule has 0 fully saturated rings. The molecule has 0 radical (unpaired) electrons. The zero-order valence-corrected chi connectivity index (χ0v) is 20.9. The van der Waals surface area contributed by atoms with Gasteiger partial charge in [0.25, 0.3) is 0 Å². The van der Waals surface area contributed by atoms with E-state index in [9.17, 15) is 4.79 Å². The number of hydrogen-bond donors (Lipinski definition) is 1. The molecule has 0 saturated heterocycles. The second kappa shape index (κ2) is 9.12. The number of anilines is 1. The summed E-state index contributed by atoms with van der Waals surface area (Å²) in [7, 11) is 2.01. The van der Waals surface area contributed by atoms with E-state index >= 15 is 0 Å². The summed E-state index contributed by atoms with van der Waals surface area (Å²) in [4.78, 5) is 15.5. The number of aromatic nitrogens is 4. The predicted octanol–water partition coefficient (Wildman–Crippen LogP) is 3.59. The number of carbonyl (C=O) groups excluding carboxylic acids is 1. The minimum atomic E-state index is -0.190. The van der Waals surface area contributed by atoms with Crippen LogP contribution in [0.4, 0.5) is 5.69 Å². The van der Waals surface area contributed by atoms with Crippen LogP contribution in [0.15, 0.2) is 24.3 Å². The van der Waals surface area contributed by atoms with Crippen LogP contribution in [0.1, 0.15) is 63.4 Å². The Labute approximate surface area is 199 Å². The van der Waals surface area contributed by atoms with Crippen molar-refractivity contribution in [3.05, 3.63) is 41.0 Å². The number of carbonyl (C=O) groups is 1. The Morgan fingerprint density at radius 1 is 1.21 bits per heavy atom. The Kier molecular flexibility index (Phi) is 6.38. The summed E-state index contributed by atoms with van der Waals surface area (Å²) in [6.45, 7) is 11.8. The molecule has 1 aromatic carbocycles. The molecule has 0 bridgehead atoms. The molecule has 9 nitrogen and oxygen atoms in total. The van der Waals surface area contributed by atoms with Crippen molar-refractivity contribution in [3.63, 3.8) is 0 Å². The fourth-order valence-electron chi connectivity index (χ4n) is 4.11. The van der Waals surface area contributed by atoms with Gasteiger partial charge < -0.3 is 14.4 Å². The third-order valence-electron chi connectivity index (χ3n) is 6.23. The molecule has 3 aromatic rings. The van der Waals surface area contributed by atoms with Gasteiger partial charge >= 0.3 is 0 Å². The van der Waals surface area contributed by atoms with E-state index in [4.69, 9.17) is 14.9 Å². The van der Waals surface area contributed by atoms with Crippen molar-refractivity contribution in [1.29, 1.82) is 5.41 Å². The first-order valence-electron chi connectivity index (χ1n) is 11.9. The molecule has 4 rings (SSSR count). The van der Waals surface area contributed by atoms with Crippen LogP contribution in [0.2, 0.25) is 0 Å². The van der Waals surface area contributed by atoms with Crippen molar-refractivity contribution in [3.8, 4) is 11.6 Å². The second-order valence-electron chi connectivity index (χ2n) is 9.79. The number of ketones is 1. The van der Waals surface area contributed by atoms with E-state index in [1.54, 1.807) is 12.1 Å². The predicted molar refractivity (Wildman–Crippen MR) is 130 cm³/mol.